The zero-order valence-corrected chi connectivity index (χ0v) is 19.5. The van der Waals surface area contributed by atoms with E-state index in [0.717, 1.165) is 24.3 Å². The van der Waals surface area contributed by atoms with Gasteiger partial charge in [-0.15, -0.1) is 47.0 Å². The fourth-order valence-corrected chi connectivity index (χ4v) is 11.0. The summed E-state index contributed by atoms with van der Waals surface area (Å²) in [6.45, 7) is 9.93. The maximum atomic E-state index is 11.1. The Hall–Kier alpha value is 0.170. The zero-order valence-electron chi connectivity index (χ0n) is 15.3. The molecule has 9 heteroatoms. The first-order chi connectivity index (χ1) is 12.9. The standard InChI is InChI=1S/C18H26O4S5/c1-4-14(19)21-8-6-12-10-24-16(26-12)18(3,23)17-25-11-13(27-17)7-9-22-15(20)5-2/h4-5,12-13,16-17,23H,1-2,6-11H2,3H3. The van der Waals surface area contributed by atoms with E-state index in [-0.39, 0.29) is 16.7 Å². The fraction of sp³-hybridized carbons (Fsp3) is 0.667. The average molecular weight is 467 g/mol. The van der Waals surface area contributed by atoms with Gasteiger partial charge in [0.05, 0.1) is 27.1 Å². The minimum Gasteiger partial charge on any atom is -0.463 e. The van der Waals surface area contributed by atoms with Crippen molar-refractivity contribution >= 4 is 71.6 Å². The van der Waals surface area contributed by atoms with E-state index in [2.05, 4.69) is 20.1 Å². The molecule has 4 nitrogen and oxygen atoms in total. The third-order valence-electron chi connectivity index (χ3n) is 4.16. The van der Waals surface area contributed by atoms with Gasteiger partial charge < -0.3 is 9.47 Å². The van der Waals surface area contributed by atoms with Crippen LogP contribution in [-0.2, 0) is 19.1 Å². The molecule has 2 saturated heterocycles. The van der Waals surface area contributed by atoms with E-state index in [1.807, 2.05) is 47.0 Å². The number of hydrogen-bond donors (Lipinski definition) is 1. The lowest BCUT2D eigenvalue weighted by Gasteiger charge is -2.34. The second kappa shape index (κ2) is 11.4. The highest BCUT2D eigenvalue weighted by Gasteiger charge is 2.47. The van der Waals surface area contributed by atoms with Gasteiger partial charge in [0.25, 0.3) is 0 Å². The smallest absolute Gasteiger partial charge is 0.330 e. The molecule has 152 valence electrons. The Balaban J connectivity index is 1.74. The average Bonchev–Trinajstić information content (AvgIpc) is 3.31. The van der Waals surface area contributed by atoms with Crippen LogP contribution in [0.25, 0.3) is 0 Å². The van der Waals surface area contributed by atoms with Crippen molar-refractivity contribution in [3.05, 3.63) is 25.3 Å². The Labute approximate surface area is 184 Å². The fourth-order valence-electron chi connectivity index (χ4n) is 2.62. The Morgan fingerprint density at radius 3 is 1.78 bits per heavy atom. The van der Waals surface area contributed by atoms with Gasteiger partial charge in [0.2, 0.25) is 0 Å². The van der Waals surface area contributed by atoms with Gasteiger partial charge in [0, 0.05) is 34.2 Å². The number of hydrogen-bond acceptors (Lipinski definition) is 9. The van der Waals surface area contributed by atoms with Crippen molar-refractivity contribution < 1.29 is 19.1 Å². The summed E-state index contributed by atoms with van der Waals surface area (Å²) in [7, 11) is 0. The van der Waals surface area contributed by atoms with Crippen LogP contribution in [0.2, 0.25) is 0 Å². The number of esters is 2. The summed E-state index contributed by atoms with van der Waals surface area (Å²) in [5.74, 6) is 1.40. The molecule has 2 rings (SSSR count). The molecule has 0 N–H and O–H groups in total. The van der Waals surface area contributed by atoms with Crippen LogP contribution in [0.15, 0.2) is 25.3 Å². The summed E-state index contributed by atoms with van der Waals surface area (Å²) in [6.07, 6.45) is 4.13. The van der Waals surface area contributed by atoms with Crippen LogP contribution < -0.4 is 0 Å². The van der Waals surface area contributed by atoms with Crippen molar-refractivity contribution in [1.29, 1.82) is 0 Å². The van der Waals surface area contributed by atoms with E-state index in [1.54, 1.807) is 0 Å². The van der Waals surface area contributed by atoms with Gasteiger partial charge in [0.15, 0.2) is 0 Å². The molecule has 0 spiro atoms. The first-order valence-electron chi connectivity index (χ1n) is 8.71. The summed E-state index contributed by atoms with van der Waals surface area (Å²) in [5, 5.41) is 0.962. The van der Waals surface area contributed by atoms with Crippen molar-refractivity contribution in [1.82, 2.24) is 0 Å². The highest BCUT2D eigenvalue weighted by Crippen LogP contribution is 2.56. The monoisotopic (exact) mass is 466 g/mol. The normalized spacial score (nSPS) is 29.7. The maximum Gasteiger partial charge on any atom is 0.330 e. The summed E-state index contributed by atoms with van der Waals surface area (Å²) in [4.78, 5) is 22.3. The van der Waals surface area contributed by atoms with Gasteiger partial charge in [-0.1, -0.05) is 13.2 Å². The summed E-state index contributed by atoms with van der Waals surface area (Å²) in [6, 6.07) is 0. The molecule has 0 aromatic heterocycles. The van der Waals surface area contributed by atoms with E-state index in [0.29, 0.717) is 32.9 Å². The van der Waals surface area contributed by atoms with Crippen molar-refractivity contribution in [2.45, 2.75) is 44.2 Å². The van der Waals surface area contributed by atoms with Crippen LogP contribution in [0.3, 0.4) is 0 Å². The van der Waals surface area contributed by atoms with E-state index < -0.39 is 0 Å². The Morgan fingerprint density at radius 1 is 1.00 bits per heavy atom. The van der Waals surface area contributed by atoms with Crippen LogP contribution in [0.1, 0.15) is 19.8 Å². The van der Waals surface area contributed by atoms with Crippen LogP contribution in [0.4, 0.5) is 0 Å². The highest BCUT2D eigenvalue weighted by atomic mass is 32.2. The molecule has 0 amide bonds. The first-order valence-corrected chi connectivity index (χ1v) is 13.1. The highest BCUT2D eigenvalue weighted by molar-refractivity contribution is 8.23. The molecule has 27 heavy (non-hydrogen) atoms. The van der Waals surface area contributed by atoms with Gasteiger partial charge in [0.1, 0.15) is 0 Å². The zero-order chi connectivity index (χ0) is 19.9. The van der Waals surface area contributed by atoms with Crippen LogP contribution in [0, 0.1) is 0 Å². The molecule has 2 aliphatic heterocycles. The molecule has 0 bridgehead atoms. The molecule has 4 atom stereocenters. The summed E-state index contributed by atoms with van der Waals surface area (Å²) < 4.78 is 10.9. The first kappa shape index (κ1) is 23.4. The Morgan fingerprint density at radius 2 is 1.41 bits per heavy atom. The van der Waals surface area contributed by atoms with Crippen molar-refractivity contribution in [3.63, 3.8) is 0 Å². The molecule has 0 radical (unpaired) electrons. The molecule has 2 aliphatic rings. The number of rotatable bonds is 10. The van der Waals surface area contributed by atoms with Crippen molar-refractivity contribution in [2.24, 2.45) is 0 Å². The predicted molar refractivity (Wildman–Crippen MR) is 124 cm³/mol. The lowest BCUT2D eigenvalue weighted by atomic mass is 10.2. The number of thioether (sulfide) groups is 4. The molecule has 0 aromatic rings. The minimum absolute atomic E-state index is 0.107. The van der Waals surface area contributed by atoms with Gasteiger partial charge in [-0.3, -0.25) is 0 Å². The molecule has 4 unspecified atom stereocenters. The Bertz CT molecular complexity index is 508. The molecule has 0 aromatic carbocycles. The molecule has 0 aliphatic carbocycles. The predicted octanol–water partition coefficient (Wildman–Crippen LogP) is 4.26. The molecular formula is C18H26O4S5. The number of carbonyl (C=O) groups excluding carboxylic acids is 2. The SMILES string of the molecule is C=CC(=O)OCCC1CSC(C(C)(S)C2SCC(CCOC(=O)C=C)S2)S1. The lowest BCUT2D eigenvalue weighted by Crippen LogP contribution is -2.36. The number of ether oxygens (including phenoxy) is 2. The second-order valence-corrected chi connectivity index (χ2v) is 13.1. The van der Waals surface area contributed by atoms with Gasteiger partial charge in [-0.2, -0.15) is 12.6 Å². The van der Waals surface area contributed by atoms with E-state index in [9.17, 15) is 9.59 Å². The quantitative estimate of drug-likeness (QED) is 0.291. The third-order valence-corrected chi connectivity index (χ3v) is 13.1. The lowest BCUT2D eigenvalue weighted by molar-refractivity contribution is -0.138. The van der Waals surface area contributed by atoms with Gasteiger partial charge in [-0.05, 0) is 19.8 Å². The van der Waals surface area contributed by atoms with Crippen LogP contribution in [0.5, 0.6) is 0 Å². The van der Waals surface area contributed by atoms with E-state index in [4.69, 9.17) is 22.1 Å². The van der Waals surface area contributed by atoms with Crippen LogP contribution in [-0.4, -0.2) is 61.1 Å². The van der Waals surface area contributed by atoms with Crippen molar-refractivity contribution in [2.75, 3.05) is 24.7 Å². The topological polar surface area (TPSA) is 52.6 Å². The van der Waals surface area contributed by atoms with Gasteiger partial charge in [-0.25, -0.2) is 9.59 Å². The third kappa shape index (κ3) is 7.17. The molecular weight excluding hydrogens is 441 g/mol. The maximum absolute atomic E-state index is 11.1. The molecule has 0 saturated carbocycles. The van der Waals surface area contributed by atoms with Crippen molar-refractivity contribution in [3.8, 4) is 0 Å². The van der Waals surface area contributed by atoms with E-state index >= 15 is 0 Å². The summed E-state index contributed by atoms with van der Waals surface area (Å²) >= 11 is 12.9. The number of thiol groups is 1. The molecule has 2 fully saturated rings. The van der Waals surface area contributed by atoms with E-state index in [1.165, 1.54) is 12.2 Å². The van der Waals surface area contributed by atoms with Crippen LogP contribution >= 0.6 is 59.7 Å². The van der Waals surface area contributed by atoms with Gasteiger partial charge >= 0.3 is 11.9 Å². The number of carbonyl (C=O) groups is 2. The second-order valence-electron chi connectivity index (χ2n) is 6.39. The Kier molecular flexibility index (Phi) is 9.88. The largest absolute Gasteiger partial charge is 0.463 e. The summed E-state index contributed by atoms with van der Waals surface area (Å²) in [5.41, 5.74) is 0. The molecule has 2 heterocycles. The minimum atomic E-state index is -0.357.